The molecular weight excluding hydrogens is 447 g/mol. The molecule has 0 aliphatic heterocycles. The van der Waals surface area contributed by atoms with Gasteiger partial charge in [-0.1, -0.05) is 18.2 Å². The van der Waals surface area contributed by atoms with Crippen molar-refractivity contribution in [3.63, 3.8) is 0 Å². The quantitative estimate of drug-likeness (QED) is 0.468. The minimum Gasteiger partial charge on any atom is -0.497 e. The lowest BCUT2D eigenvalue weighted by atomic mass is 10.2. The number of carbonyl (C=O) groups is 1. The van der Waals surface area contributed by atoms with Gasteiger partial charge in [-0.2, -0.15) is 0 Å². The number of benzene rings is 3. The third kappa shape index (κ3) is 4.49. The molecule has 1 heterocycles. The molecule has 1 amide bonds. The number of sulfone groups is 1. The van der Waals surface area contributed by atoms with E-state index in [1.165, 1.54) is 42.0 Å². The van der Waals surface area contributed by atoms with Crippen molar-refractivity contribution in [1.29, 1.82) is 0 Å². The van der Waals surface area contributed by atoms with E-state index in [2.05, 4.69) is 5.32 Å². The lowest BCUT2D eigenvalue weighted by Gasteiger charge is -2.14. The maximum Gasteiger partial charge on any atom is 0.244 e. The Hall–Kier alpha value is -3.98. The molecule has 0 bridgehead atoms. The van der Waals surface area contributed by atoms with Crippen molar-refractivity contribution in [2.75, 3.05) is 12.4 Å². The number of carbonyl (C=O) groups excluding carboxylic acids is 1. The van der Waals surface area contributed by atoms with Gasteiger partial charge in [0.05, 0.1) is 17.5 Å². The summed E-state index contributed by atoms with van der Waals surface area (Å²) < 4.78 is 46.8. The fraction of sp³-hybridized carbons (Fsp3) is 0.0833. The van der Waals surface area contributed by atoms with E-state index < -0.39 is 31.9 Å². The molecule has 4 rings (SSSR count). The minimum atomic E-state index is -4.26. The van der Waals surface area contributed by atoms with Crippen LogP contribution in [0.3, 0.4) is 0 Å². The van der Waals surface area contributed by atoms with E-state index in [0.29, 0.717) is 11.4 Å². The van der Waals surface area contributed by atoms with Crippen LogP contribution in [0.25, 0.3) is 10.9 Å². The third-order valence-corrected chi connectivity index (χ3v) is 6.80. The Morgan fingerprint density at radius 2 is 1.73 bits per heavy atom. The maximum absolute atomic E-state index is 13.9. The molecule has 4 aromatic rings. The van der Waals surface area contributed by atoms with Gasteiger partial charge in [0.1, 0.15) is 23.0 Å². The number of rotatable bonds is 6. The molecule has 0 aliphatic rings. The standard InChI is InChI=1S/C24H19FN2O5S/c1-32-18-8-10-19(11-9-18)33(30,31)22-14-27(15-23(28)26-17-5-3-2-4-6-17)21-12-7-16(25)13-20(21)24(22)29/h2-14H,15H2,1H3,(H,26,28). The molecule has 168 valence electrons. The Kier molecular flexibility index (Phi) is 5.97. The van der Waals surface area contributed by atoms with Crippen LogP contribution < -0.4 is 15.5 Å². The number of amides is 1. The maximum atomic E-state index is 13.9. The molecule has 0 unspecified atom stereocenters. The summed E-state index contributed by atoms with van der Waals surface area (Å²) >= 11 is 0. The summed E-state index contributed by atoms with van der Waals surface area (Å²) in [5, 5.41) is 2.57. The molecule has 0 aliphatic carbocycles. The number of ether oxygens (including phenoxy) is 1. The highest BCUT2D eigenvalue weighted by Crippen LogP contribution is 2.24. The van der Waals surface area contributed by atoms with Crippen molar-refractivity contribution in [3.8, 4) is 5.75 Å². The van der Waals surface area contributed by atoms with Gasteiger partial charge >= 0.3 is 0 Å². The summed E-state index contributed by atoms with van der Waals surface area (Å²) in [6.07, 6.45) is 1.12. The highest BCUT2D eigenvalue weighted by atomic mass is 32.2. The third-order valence-electron chi connectivity index (χ3n) is 5.04. The largest absolute Gasteiger partial charge is 0.497 e. The van der Waals surface area contributed by atoms with Gasteiger partial charge in [-0.3, -0.25) is 9.59 Å². The number of pyridine rings is 1. The van der Waals surface area contributed by atoms with E-state index >= 15 is 0 Å². The number of aromatic nitrogens is 1. The molecule has 1 N–H and O–H groups in total. The number of hydrogen-bond acceptors (Lipinski definition) is 5. The number of methoxy groups -OCH3 is 1. The van der Waals surface area contributed by atoms with E-state index in [1.807, 2.05) is 0 Å². The van der Waals surface area contributed by atoms with E-state index in [-0.39, 0.29) is 22.3 Å². The molecule has 33 heavy (non-hydrogen) atoms. The van der Waals surface area contributed by atoms with Crippen LogP contribution in [0.1, 0.15) is 0 Å². The fourth-order valence-corrected chi connectivity index (χ4v) is 4.79. The Labute approximate surface area is 189 Å². The van der Waals surface area contributed by atoms with E-state index in [1.54, 1.807) is 30.3 Å². The van der Waals surface area contributed by atoms with Gasteiger partial charge in [-0.25, -0.2) is 12.8 Å². The Balaban J connectivity index is 1.82. The first-order valence-electron chi connectivity index (χ1n) is 9.86. The summed E-state index contributed by atoms with van der Waals surface area (Å²) in [4.78, 5) is 25.0. The van der Waals surface area contributed by atoms with Gasteiger partial charge in [0.15, 0.2) is 0 Å². The highest BCUT2D eigenvalue weighted by molar-refractivity contribution is 7.91. The topological polar surface area (TPSA) is 94.5 Å². The number of nitrogens with zero attached hydrogens (tertiary/aromatic N) is 1. The number of nitrogens with one attached hydrogen (secondary N) is 1. The van der Waals surface area contributed by atoms with Crippen LogP contribution in [-0.2, 0) is 21.2 Å². The molecule has 1 aromatic heterocycles. The predicted octanol–water partition coefficient (Wildman–Crippen LogP) is 3.62. The number of para-hydroxylation sites is 1. The average molecular weight is 466 g/mol. The van der Waals surface area contributed by atoms with Crippen LogP contribution in [0.2, 0.25) is 0 Å². The van der Waals surface area contributed by atoms with Crippen molar-refractivity contribution >= 4 is 32.3 Å². The smallest absolute Gasteiger partial charge is 0.244 e. The minimum absolute atomic E-state index is 0.128. The molecule has 0 saturated carbocycles. The van der Waals surface area contributed by atoms with Gasteiger partial charge < -0.3 is 14.6 Å². The first-order chi connectivity index (χ1) is 15.8. The zero-order chi connectivity index (χ0) is 23.6. The second-order valence-electron chi connectivity index (χ2n) is 7.21. The van der Waals surface area contributed by atoms with E-state index in [4.69, 9.17) is 4.74 Å². The van der Waals surface area contributed by atoms with Crippen LogP contribution >= 0.6 is 0 Å². The van der Waals surface area contributed by atoms with Crippen molar-refractivity contribution < 1.29 is 22.3 Å². The van der Waals surface area contributed by atoms with Crippen LogP contribution in [0, 0.1) is 5.82 Å². The Bertz CT molecular complexity index is 1500. The fourth-order valence-electron chi connectivity index (χ4n) is 3.42. The van der Waals surface area contributed by atoms with Crippen molar-refractivity contribution in [2.45, 2.75) is 16.3 Å². The zero-order valence-corrected chi connectivity index (χ0v) is 18.3. The monoisotopic (exact) mass is 466 g/mol. The summed E-state index contributed by atoms with van der Waals surface area (Å²) in [6, 6.07) is 17.7. The van der Waals surface area contributed by atoms with Gasteiger partial charge in [-0.15, -0.1) is 0 Å². The van der Waals surface area contributed by atoms with E-state index in [0.717, 1.165) is 18.3 Å². The lowest BCUT2D eigenvalue weighted by Crippen LogP contribution is -2.24. The van der Waals surface area contributed by atoms with Gasteiger partial charge in [-0.05, 0) is 54.6 Å². The number of anilines is 1. The molecular formula is C24H19FN2O5S. The molecule has 0 spiro atoms. The highest BCUT2D eigenvalue weighted by Gasteiger charge is 2.24. The number of fused-ring (bicyclic) bond motifs is 1. The summed E-state index contributed by atoms with van der Waals surface area (Å²) in [5.74, 6) is -0.688. The van der Waals surface area contributed by atoms with Crippen LogP contribution in [0.5, 0.6) is 5.75 Å². The average Bonchev–Trinajstić information content (AvgIpc) is 2.81. The Morgan fingerprint density at radius 3 is 2.39 bits per heavy atom. The Morgan fingerprint density at radius 1 is 1.03 bits per heavy atom. The molecule has 9 heteroatoms. The van der Waals surface area contributed by atoms with Crippen LogP contribution in [-0.4, -0.2) is 26.0 Å². The van der Waals surface area contributed by atoms with Crippen molar-refractivity contribution in [1.82, 2.24) is 4.57 Å². The zero-order valence-electron chi connectivity index (χ0n) is 17.5. The number of hydrogen-bond donors (Lipinski definition) is 1. The normalized spacial score (nSPS) is 11.3. The lowest BCUT2D eigenvalue weighted by molar-refractivity contribution is -0.116. The summed E-state index contributed by atoms with van der Waals surface area (Å²) in [7, 11) is -2.81. The van der Waals surface area contributed by atoms with Crippen LogP contribution in [0.4, 0.5) is 10.1 Å². The predicted molar refractivity (Wildman–Crippen MR) is 122 cm³/mol. The number of halogens is 1. The molecule has 7 nitrogen and oxygen atoms in total. The van der Waals surface area contributed by atoms with Gasteiger partial charge in [0.2, 0.25) is 21.2 Å². The van der Waals surface area contributed by atoms with E-state index in [9.17, 15) is 22.4 Å². The molecule has 0 fully saturated rings. The second-order valence-corrected chi connectivity index (χ2v) is 9.12. The first kappa shape index (κ1) is 22.2. The van der Waals surface area contributed by atoms with Gasteiger partial charge in [0.25, 0.3) is 0 Å². The van der Waals surface area contributed by atoms with Crippen molar-refractivity contribution in [3.05, 3.63) is 95.0 Å². The SMILES string of the molecule is COc1ccc(S(=O)(=O)c2cn(CC(=O)Nc3ccccc3)c3ccc(F)cc3c2=O)cc1. The van der Waals surface area contributed by atoms with Gasteiger partial charge in [0, 0.05) is 17.3 Å². The van der Waals surface area contributed by atoms with Crippen LogP contribution in [0.15, 0.2) is 93.6 Å². The molecule has 3 aromatic carbocycles. The summed E-state index contributed by atoms with van der Waals surface area (Å²) in [5.41, 5.74) is -0.0525. The molecule has 0 atom stereocenters. The molecule has 0 saturated heterocycles. The summed E-state index contributed by atoms with van der Waals surface area (Å²) in [6.45, 7) is -0.289. The second kappa shape index (κ2) is 8.87. The van der Waals surface area contributed by atoms with Crippen molar-refractivity contribution in [2.24, 2.45) is 0 Å². The first-order valence-corrected chi connectivity index (χ1v) is 11.3. The molecule has 0 radical (unpaired) electrons.